The molecule has 0 spiro atoms. The molecule has 9 nitrogen and oxygen atoms in total. The maximum Gasteiger partial charge on any atom is 0.408 e. The zero-order chi connectivity index (χ0) is 24.6. The first-order valence-electron chi connectivity index (χ1n) is 10.7. The van der Waals surface area contributed by atoms with E-state index in [-0.39, 0.29) is 19.1 Å². The molecule has 2 rings (SSSR count). The Labute approximate surface area is 194 Å². The molecule has 2 N–H and O–H groups in total. The van der Waals surface area contributed by atoms with Crippen molar-refractivity contribution in [3.8, 4) is 12.3 Å². The number of esters is 1. The Kier molecular flexibility index (Phi) is 8.85. The molecule has 0 radical (unpaired) electrons. The summed E-state index contributed by atoms with van der Waals surface area (Å²) in [6.45, 7) is 4.48. The lowest BCUT2D eigenvalue weighted by Gasteiger charge is -2.42. The van der Waals surface area contributed by atoms with Crippen LogP contribution in [-0.2, 0) is 23.9 Å². The zero-order valence-corrected chi connectivity index (χ0v) is 19.5. The van der Waals surface area contributed by atoms with Crippen LogP contribution in [0.1, 0.15) is 57.2 Å². The van der Waals surface area contributed by atoms with E-state index < -0.39 is 35.5 Å². The molecule has 1 unspecified atom stereocenters. The number of nitrogens with one attached hydrogen (secondary N) is 2. The van der Waals surface area contributed by atoms with Gasteiger partial charge in [-0.25, -0.2) is 4.79 Å². The Hall–Kier alpha value is -3.54. The molecule has 1 aromatic rings. The monoisotopic (exact) mass is 457 g/mol. The second-order valence-corrected chi connectivity index (χ2v) is 8.70. The van der Waals surface area contributed by atoms with Crippen molar-refractivity contribution in [1.82, 2.24) is 15.5 Å². The third-order valence-electron chi connectivity index (χ3n) is 5.09. The fourth-order valence-electron chi connectivity index (χ4n) is 3.30. The van der Waals surface area contributed by atoms with Crippen molar-refractivity contribution in [3.63, 3.8) is 0 Å². The molecule has 0 bridgehead atoms. The minimum atomic E-state index is -1.01. The van der Waals surface area contributed by atoms with Crippen molar-refractivity contribution in [1.29, 1.82) is 0 Å². The van der Waals surface area contributed by atoms with Gasteiger partial charge in [0.05, 0.1) is 7.11 Å². The molecule has 0 aromatic heterocycles. The van der Waals surface area contributed by atoms with Crippen LogP contribution in [0.25, 0.3) is 0 Å². The summed E-state index contributed by atoms with van der Waals surface area (Å²) < 4.78 is 9.78. The second kappa shape index (κ2) is 11.4. The summed E-state index contributed by atoms with van der Waals surface area (Å²) in [5.41, 5.74) is 0.449. The lowest BCUT2D eigenvalue weighted by Crippen LogP contribution is -2.54. The zero-order valence-electron chi connectivity index (χ0n) is 19.5. The average molecular weight is 458 g/mol. The molecule has 1 aliphatic rings. The van der Waals surface area contributed by atoms with Crippen molar-refractivity contribution < 1.29 is 28.7 Å². The number of hydrogen-bond donors (Lipinski definition) is 2. The van der Waals surface area contributed by atoms with Gasteiger partial charge in [0.15, 0.2) is 0 Å². The SMILES string of the molecule is C#Cc1ccc(C(C(=O)NCC(=O)OC)N(C(=O)CNC(=O)OC(C)(C)C)C2CCC2)cc1. The molecule has 0 heterocycles. The van der Waals surface area contributed by atoms with Gasteiger partial charge in [-0.1, -0.05) is 18.1 Å². The second-order valence-electron chi connectivity index (χ2n) is 8.70. The molecule has 1 aliphatic carbocycles. The molecular weight excluding hydrogens is 426 g/mol. The molecule has 0 saturated heterocycles. The summed E-state index contributed by atoms with van der Waals surface area (Å²) in [7, 11) is 1.22. The average Bonchev–Trinajstić information content (AvgIpc) is 2.73. The van der Waals surface area contributed by atoms with Gasteiger partial charge >= 0.3 is 12.1 Å². The quantitative estimate of drug-likeness (QED) is 0.455. The maximum atomic E-state index is 13.2. The van der Waals surface area contributed by atoms with E-state index in [2.05, 4.69) is 21.3 Å². The first-order valence-corrected chi connectivity index (χ1v) is 10.7. The number of hydrogen-bond acceptors (Lipinski definition) is 6. The maximum absolute atomic E-state index is 13.2. The van der Waals surface area contributed by atoms with Crippen molar-refractivity contribution in [2.75, 3.05) is 20.2 Å². The first-order chi connectivity index (χ1) is 15.6. The minimum absolute atomic E-state index is 0.181. The molecule has 1 atom stereocenters. The highest BCUT2D eigenvalue weighted by Gasteiger charge is 2.39. The van der Waals surface area contributed by atoms with Gasteiger partial charge in [0.1, 0.15) is 24.7 Å². The number of benzene rings is 1. The van der Waals surface area contributed by atoms with Crippen LogP contribution >= 0.6 is 0 Å². The number of carbonyl (C=O) groups is 4. The van der Waals surface area contributed by atoms with Crippen LogP contribution in [0, 0.1) is 12.3 Å². The number of rotatable bonds is 8. The van der Waals surface area contributed by atoms with E-state index >= 15 is 0 Å². The van der Waals surface area contributed by atoms with Gasteiger partial charge in [-0.2, -0.15) is 0 Å². The van der Waals surface area contributed by atoms with E-state index in [9.17, 15) is 19.2 Å². The van der Waals surface area contributed by atoms with Crippen LogP contribution in [-0.4, -0.2) is 60.6 Å². The summed E-state index contributed by atoms with van der Waals surface area (Å²) in [6.07, 6.45) is 7.07. The number of nitrogens with zero attached hydrogens (tertiary/aromatic N) is 1. The van der Waals surface area contributed by atoms with Crippen LogP contribution in [0.5, 0.6) is 0 Å². The summed E-state index contributed by atoms with van der Waals surface area (Å²) >= 11 is 0. The smallest absolute Gasteiger partial charge is 0.408 e. The summed E-state index contributed by atoms with van der Waals surface area (Å²) in [6, 6.07) is 5.52. The molecule has 3 amide bonds. The Morgan fingerprint density at radius 2 is 1.76 bits per heavy atom. The molecule has 1 saturated carbocycles. The lowest BCUT2D eigenvalue weighted by atomic mass is 9.88. The molecule has 1 aromatic carbocycles. The number of ether oxygens (including phenoxy) is 2. The highest BCUT2D eigenvalue weighted by atomic mass is 16.6. The molecular formula is C24H31N3O6. The number of amides is 3. The summed E-state index contributed by atoms with van der Waals surface area (Å²) in [4.78, 5) is 51.5. The van der Waals surface area contributed by atoms with E-state index in [0.717, 1.165) is 19.3 Å². The molecule has 33 heavy (non-hydrogen) atoms. The highest BCUT2D eigenvalue weighted by molar-refractivity contribution is 5.92. The third-order valence-corrected chi connectivity index (χ3v) is 5.09. The lowest BCUT2D eigenvalue weighted by molar-refractivity contribution is -0.146. The third kappa shape index (κ3) is 7.52. The highest BCUT2D eigenvalue weighted by Crippen LogP contribution is 2.33. The van der Waals surface area contributed by atoms with Gasteiger partial charge in [0, 0.05) is 11.6 Å². The predicted octanol–water partition coefficient (Wildman–Crippen LogP) is 1.90. The largest absolute Gasteiger partial charge is 0.468 e. The van der Waals surface area contributed by atoms with E-state index in [1.165, 1.54) is 12.0 Å². The molecule has 1 fully saturated rings. The predicted molar refractivity (Wildman–Crippen MR) is 121 cm³/mol. The van der Waals surface area contributed by atoms with Crippen LogP contribution in [0.4, 0.5) is 4.79 Å². The standard InChI is InChI=1S/C24H31N3O6/c1-6-16-10-12-17(13-11-16)21(22(30)25-15-20(29)32-5)27(18-8-7-9-18)19(28)14-26-23(31)33-24(2,3)4/h1,10-13,18,21H,7-9,14-15H2,2-5H3,(H,25,30)(H,26,31). The van der Waals surface area contributed by atoms with Crippen molar-refractivity contribution in [2.45, 2.75) is 57.7 Å². The Bertz CT molecular complexity index is 910. The minimum Gasteiger partial charge on any atom is -0.468 e. The fraction of sp³-hybridized carbons (Fsp3) is 0.500. The first kappa shape index (κ1) is 25.7. The molecule has 0 aliphatic heterocycles. The van der Waals surface area contributed by atoms with E-state index in [4.69, 9.17) is 11.2 Å². The van der Waals surface area contributed by atoms with Gasteiger partial charge in [-0.3, -0.25) is 14.4 Å². The number of carbonyl (C=O) groups excluding carboxylic acids is 4. The van der Waals surface area contributed by atoms with Crippen molar-refractivity contribution in [3.05, 3.63) is 35.4 Å². The van der Waals surface area contributed by atoms with Gasteiger partial charge in [0.25, 0.3) is 0 Å². The summed E-state index contributed by atoms with van der Waals surface area (Å²) in [5.74, 6) is 0.926. The fourth-order valence-corrected chi connectivity index (χ4v) is 3.30. The van der Waals surface area contributed by atoms with E-state index in [1.54, 1.807) is 45.0 Å². The normalized spacial score (nSPS) is 14.2. The van der Waals surface area contributed by atoms with Crippen LogP contribution in [0.2, 0.25) is 0 Å². The summed E-state index contributed by atoms with van der Waals surface area (Å²) in [5, 5.41) is 5.00. The molecule has 178 valence electrons. The topological polar surface area (TPSA) is 114 Å². The van der Waals surface area contributed by atoms with E-state index in [0.29, 0.717) is 11.1 Å². The molecule has 9 heteroatoms. The van der Waals surface area contributed by atoms with Crippen molar-refractivity contribution >= 4 is 23.9 Å². The van der Waals surface area contributed by atoms with Gasteiger partial charge in [0.2, 0.25) is 11.8 Å². The van der Waals surface area contributed by atoms with Crippen LogP contribution in [0.3, 0.4) is 0 Å². The van der Waals surface area contributed by atoms with Gasteiger partial charge < -0.3 is 25.0 Å². The Morgan fingerprint density at radius 1 is 1.12 bits per heavy atom. The van der Waals surface area contributed by atoms with E-state index in [1.807, 2.05) is 0 Å². The van der Waals surface area contributed by atoms with Gasteiger partial charge in [-0.05, 0) is 57.7 Å². The Balaban J connectivity index is 2.29. The van der Waals surface area contributed by atoms with Gasteiger partial charge in [-0.15, -0.1) is 6.42 Å². The Morgan fingerprint density at radius 3 is 2.24 bits per heavy atom. The number of methoxy groups -OCH3 is 1. The van der Waals surface area contributed by atoms with Crippen molar-refractivity contribution in [2.24, 2.45) is 0 Å². The van der Waals surface area contributed by atoms with Crippen LogP contribution < -0.4 is 10.6 Å². The van der Waals surface area contributed by atoms with Crippen LogP contribution in [0.15, 0.2) is 24.3 Å². The number of terminal acetylenes is 1. The number of alkyl carbamates (subject to hydrolysis) is 1.